The van der Waals surface area contributed by atoms with Gasteiger partial charge in [-0.2, -0.15) is 0 Å². The van der Waals surface area contributed by atoms with Gasteiger partial charge in [0, 0.05) is 13.8 Å². The number of carbonyl (C=O) groups excluding carboxylic acids is 2. The number of benzene rings is 2. The number of amidine groups is 1. The largest absolute Gasteiger partial charge is 0.490 e. The minimum Gasteiger partial charge on any atom is -0.490 e. The summed E-state index contributed by atoms with van der Waals surface area (Å²) in [6, 6.07) is 11.4. The molecule has 7 nitrogen and oxygen atoms in total. The molecule has 0 radical (unpaired) electrons. The smallest absolute Gasteiger partial charge is 0.241 e. The number of nitrogens with zero attached hydrogens (tertiary/aromatic N) is 2. The summed E-state index contributed by atoms with van der Waals surface area (Å²) in [6.07, 6.45) is 0. The third-order valence-corrected chi connectivity index (χ3v) is 5.69. The monoisotopic (exact) mass is 461 g/mol. The van der Waals surface area contributed by atoms with Crippen LogP contribution in [-0.2, 0) is 9.59 Å². The maximum absolute atomic E-state index is 12.0. The fraction of sp³-hybridized carbons (Fsp3) is 0.318. The molecule has 0 spiro atoms. The molecule has 1 heterocycles. The van der Waals surface area contributed by atoms with Gasteiger partial charge in [-0.1, -0.05) is 35.5 Å². The third-order valence-electron chi connectivity index (χ3n) is 4.30. The van der Waals surface area contributed by atoms with Crippen molar-refractivity contribution in [2.75, 3.05) is 13.2 Å². The lowest BCUT2D eigenvalue weighted by molar-refractivity contribution is -0.129. The van der Waals surface area contributed by atoms with Gasteiger partial charge in [-0.25, -0.2) is 5.01 Å². The molecule has 1 unspecified atom stereocenters. The predicted molar refractivity (Wildman–Crippen MR) is 122 cm³/mol. The zero-order valence-electron chi connectivity index (χ0n) is 17.8. The lowest BCUT2D eigenvalue weighted by atomic mass is 10.1. The molecule has 1 aliphatic heterocycles. The molecule has 2 aromatic rings. The van der Waals surface area contributed by atoms with Gasteiger partial charge in [0.2, 0.25) is 11.8 Å². The van der Waals surface area contributed by atoms with E-state index in [1.54, 1.807) is 12.1 Å². The van der Waals surface area contributed by atoms with E-state index in [9.17, 15) is 9.59 Å². The van der Waals surface area contributed by atoms with Gasteiger partial charge in [0.25, 0.3) is 0 Å². The van der Waals surface area contributed by atoms with Crippen LogP contribution in [0.25, 0.3) is 0 Å². The van der Waals surface area contributed by atoms with E-state index in [-0.39, 0.29) is 11.8 Å². The van der Waals surface area contributed by atoms with Gasteiger partial charge in [-0.3, -0.25) is 9.59 Å². The number of hydrogen-bond acceptors (Lipinski definition) is 6. The molecule has 3 rings (SSSR count). The summed E-state index contributed by atoms with van der Waals surface area (Å²) >= 11 is 7.68. The number of aryl methyl sites for hydroxylation is 2. The van der Waals surface area contributed by atoms with Gasteiger partial charge in [0.1, 0.15) is 30.1 Å². The molecule has 1 N–H and O–H groups in total. The Bertz CT molecular complexity index is 1010. The van der Waals surface area contributed by atoms with Crippen LogP contribution in [0.5, 0.6) is 11.5 Å². The van der Waals surface area contributed by atoms with E-state index in [2.05, 4.69) is 16.5 Å². The number of carbonyl (C=O) groups is 2. The van der Waals surface area contributed by atoms with E-state index < -0.39 is 5.37 Å². The van der Waals surface area contributed by atoms with E-state index in [1.165, 1.54) is 30.6 Å². The minimum atomic E-state index is -0.418. The molecular formula is C22H24ClN3O4S. The summed E-state index contributed by atoms with van der Waals surface area (Å²) in [6.45, 7) is 7.57. The highest BCUT2D eigenvalue weighted by Gasteiger charge is 2.32. The van der Waals surface area contributed by atoms with Crippen molar-refractivity contribution in [2.45, 2.75) is 33.1 Å². The lowest BCUT2D eigenvalue weighted by Crippen LogP contribution is -2.25. The maximum Gasteiger partial charge on any atom is 0.241 e. The number of halogens is 1. The molecule has 9 heteroatoms. The van der Waals surface area contributed by atoms with Crippen LogP contribution in [0.3, 0.4) is 0 Å². The highest BCUT2D eigenvalue weighted by Crippen LogP contribution is 2.40. The fourth-order valence-corrected chi connectivity index (χ4v) is 4.47. The van der Waals surface area contributed by atoms with Gasteiger partial charge in [0.05, 0.1) is 5.02 Å². The number of amides is 2. The SMILES string of the molecule is CC(=O)NC1=NN(C(C)=O)C(c2ccc(OCCOc3cc(C)cc(C)c3)c(Cl)c2)S1. The van der Waals surface area contributed by atoms with Crippen molar-refractivity contribution in [1.29, 1.82) is 0 Å². The normalized spacial score (nSPS) is 15.5. The van der Waals surface area contributed by atoms with Crippen LogP contribution in [0.1, 0.15) is 35.9 Å². The molecule has 2 amide bonds. The molecule has 0 saturated carbocycles. The van der Waals surface area contributed by atoms with Gasteiger partial charge in [-0.15, -0.1) is 5.10 Å². The zero-order valence-corrected chi connectivity index (χ0v) is 19.3. The first kappa shape index (κ1) is 23.0. The van der Waals surface area contributed by atoms with Crippen LogP contribution in [0.2, 0.25) is 5.02 Å². The molecule has 0 fully saturated rings. The van der Waals surface area contributed by atoms with E-state index in [0.29, 0.717) is 29.2 Å². The molecule has 0 aromatic heterocycles. The van der Waals surface area contributed by atoms with Crippen molar-refractivity contribution in [3.05, 3.63) is 58.1 Å². The maximum atomic E-state index is 12.0. The highest BCUT2D eigenvalue weighted by atomic mass is 35.5. The Morgan fingerprint density at radius 1 is 1.10 bits per heavy atom. The molecule has 0 bridgehead atoms. The average molecular weight is 462 g/mol. The number of hydrazone groups is 1. The second-order valence-corrected chi connectivity index (χ2v) is 8.61. The summed E-state index contributed by atoms with van der Waals surface area (Å²) < 4.78 is 11.5. The van der Waals surface area contributed by atoms with E-state index in [0.717, 1.165) is 22.4 Å². The van der Waals surface area contributed by atoms with Gasteiger partial charge >= 0.3 is 0 Å². The summed E-state index contributed by atoms with van der Waals surface area (Å²) in [7, 11) is 0. The van der Waals surface area contributed by atoms with E-state index in [1.807, 2.05) is 32.0 Å². The summed E-state index contributed by atoms with van der Waals surface area (Å²) in [5.41, 5.74) is 3.06. The highest BCUT2D eigenvalue weighted by molar-refractivity contribution is 8.14. The quantitative estimate of drug-likeness (QED) is 0.644. The van der Waals surface area contributed by atoms with Crippen molar-refractivity contribution < 1.29 is 19.1 Å². The van der Waals surface area contributed by atoms with Gasteiger partial charge in [-0.05, 0) is 54.8 Å². The molecule has 2 aromatic carbocycles. The Kier molecular flexibility index (Phi) is 7.46. The molecular weight excluding hydrogens is 438 g/mol. The summed E-state index contributed by atoms with van der Waals surface area (Å²) in [4.78, 5) is 23.3. The number of ether oxygens (including phenoxy) is 2. The number of rotatable bonds is 6. The van der Waals surface area contributed by atoms with Crippen LogP contribution in [0.4, 0.5) is 0 Å². The van der Waals surface area contributed by atoms with Crippen LogP contribution >= 0.6 is 23.4 Å². The zero-order chi connectivity index (χ0) is 22.5. The second kappa shape index (κ2) is 10.1. The Morgan fingerprint density at radius 2 is 1.77 bits per heavy atom. The number of thioether (sulfide) groups is 1. The van der Waals surface area contributed by atoms with Crippen LogP contribution in [-0.4, -0.2) is 35.2 Å². The average Bonchev–Trinajstić information content (AvgIpc) is 3.09. The fourth-order valence-electron chi connectivity index (χ4n) is 3.09. The van der Waals surface area contributed by atoms with E-state index >= 15 is 0 Å². The third kappa shape index (κ3) is 6.15. The first-order chi connectivity index (χ1) is 14.7. The topological polar surface area (TPSA) is 80.2 Å². The Hall–Kier alpha value is -2.71. The Morgan fingerprint density at radius 3 is 2.39 bits per heavy atom. The van der Waals surface area contributed by atoms with Gasteiger partial charge in [0.15, 0.2) is 5.17 Å². The second-order valence-electron chi connectivity index (χ2n) is 7.13. The molecule has 1 aliphatic rings. The Balaban J connectivity index is 1.60. The standard InChI is InChI=1S/C22H24ClN3O4S/c1-13-9-14(2)11-18(10-13)29-7-8-30-20-6-5-17(12-19(20)23)21-26(16(4)28)25-22(31-21)24-15(3)27/h5-6,9-12,21H,7-8H2,1-4H3,(H,24,25,27). The van der Waals surface area contributed by atoms with Gasteiger partial charge < -0.3 is 14.8 Å². The van der Waals surface area contributed by atoms with Crippen molar-refractivity contribution >= 4 is 40.3 Å². The number of hydrogen-bond donors (Lipinski definition) is 1. The molecule has 1 atom stereocenters. The molecule has 0 aliphatic carbocycles. The van der Waals surface area contributed by atoms with Crippen molar-refractivity contribution in [2.24, 2.45) is 5.10 Å². The van der Waals surface area contributed by atoms with Crippen molar-refractivity contribution in [3.63, 3.8) is 0 Å². The molecule has 0 saturated heterocycles. The predicted octanol–water partition coefficient (Wildman–Crippen LogP) is 4.42. The first-order valence-electron chi connectivity index (χ1n) is 9.69. The van der Waals surface area contributed by atoms with Crippen molar-refractivity contribution in [1.82, 2.24) is 10.3 Å². The Labute approximate surface area is 190 Å². The number of nitrogens with one attached hydrogen (secondary N) is 1. The van der Waals surface area contributed by atoms with E-state index in [4.69, 9.17) is 21.1 Å². The molecule has 164 valence electrons. The van der Waals surface area contributed by atoms with Crippen LogP contribution in [0.15, 0.2) is 41.5 Å². The van der Waals surface area contributed by atoms with Crippen LogP contribution < -0.4 is 14.8 Å². The van der Waals surface area contributed by atoms with Crippen molar-refractivity contribution in [3.8, 4) is 11.5 Å². The molecule has 31 heavy (non-hydrogen) atoms. The summed E-state index contributed by atoms with van der Waals surface area (Å²) in [5.74, 6) is 0.841. The first-order valence-corrected chi connectivity index (χ1v) is 10.9. The van der Waals surface area contributed by atoms with Crippen LogP contribution in [0, 0.1) is 13.8 Å². The lowest BCUT2D eigenvalue weighted by Gasteiger charge is -2.20. The minimum absolute atomic E-state index is 0.238. The summed E-state index contributed by atoms with van der Waals surface area (Å²) in [5, 5.41) is 8.48.